The van der Waals surface area contributed by atoms with Crippen LogP contribution in [-0.4, -0.2) is 19.8 Å². The fourth-order valence-corrected chi connectivity index (χ4v) is 2.17. The van der Waals surface area contributed by atoms with Gasteiger partial charge in [-0.05, 0) is 30.2 Å². The summed E-state index contributed by atoms with van der Waals surface area (Å²) in [4.78, 5) is 0. The lowest BCUT2D eigenvalue weighted by molar-refractivity contribution is -0.0190. The highest BCUT2D eigenvalue weighted by Crippen LogP contribution is 2.36. The van der Waals surface area contributed by atoms with Crippen molar-refractivity contribution in [1.29, 1.82) is 0 Å². The highest BCUT2D eigenvalue weighted by atomic mass is 16.5. The van der Waals surface area contributed by atoms with E-state index in [0.717, 1.165) is 25.7 Å². The first-order chi connectivity index (χ1) is 5.55. The van der Waals surface area contributed by atoms with Crippen LogP contribution in [0.3, 0.4) is 0 Å². The van der Waals surface area contributed by atoms with E-state index >= 15 is 0 Å². The van der Waals surface area contributed by atoms with E-state index in [0.29, 0.717) is 11.3 Å². The number of nitrogens with two attached hydrogens (primary N) is 1. The van der Waals surface area contributed by atoms with Gasteiger partial charge < -0.3 is 10.5 Å². The lowest BCUT2D eigenvalue weighted by Crippen LogP contribution is -2.39. The third-order valence-electron chi connectivity index (χ3n) is 2.89. The first-order valence-corrected chi connectivity index (χ1v) is 4.83. The van der Waals surface area contributed by atoms with Crippen molar-refractivity contribution in [2.24, 2.45) is 23.0 Å². The van der Waals surface area contributed by atoms with Crippen LogP contribution in [0.1, 0.15) is 27.2 Å². The molecule has 0 bridgehead atoms. The SMILES string of the molecule is CC(C)(C)C1CCOCC1CN. The van der Waals surface area contributed by atoms with Gasteiger partial charge in [0.1, 0.15) is 0 Å². The average molecular weight is 171 g/mol. The predicted molar refractivity (Wildman–Crippen MR) is 50.9 cm³/mol. The van der Waals surface area contributed by atoms with E-state index in [-0.39, 0.29) is 0 Å². The Hall–Kier alpha value is -0.0800. The Kier molecular flexibility index (Phi) is 3.13. The molecule has 2 N–H and O–H groups in total. The van der Waals surface area contributed by atoms with Crippen molar-refractivity contribution < 1.29 is 4.74 Å². The van der Waals surface area contributed by atoms with Crippen LogP contribution in [0.5, 0.6) is 0 Å². The van der Waals surface area contributed by atoms with Crippen molar-refractivity contribution in [3.8, 4) is 0 Å². The van der Waals surface area contributed by atoms with E-state index in [1.807, 2.05) is 0 Å². The third kappa shape index (κ3) is 2.20. The zero-order valence-corrected chi connectivity index (χ0v) is 8.47. The molecule has 2 unspecified atom stereocenters. The van der Waals surface area contributed by atoms with Gasteiger partial charge in [-0.15, -0.1) is 0 Å². The van der Waals surface area contributed by atoms with Crippen LogP contribution >= 0.6 is 0 Å². The second kappa shape index (κ2) is 3.75. The van der Waals surface area contributed by atoms with Crippen LogP contribution in [0.2, 0.25) is 0 Å². The molecule has 0 saturated carbocycles. The molecule has 0 aliphatic carbocycles. The van der Waals surface area contributed by atoms with Gasteiger partial charge in [0, 0.05) is 6.61 Å². The van der Waals surface area contributed by atoms with Gasteiger partial charge >= 0.3 is 0 Å². The summed E-state index contributed by atoms with van der Waals surface area (Å²) in [6.45, 7) is 9.43. The van der Waals surface area contributed by atoms with E-state index < -0.39 is 0 Å². The predicted octanol–water partition coefficient (Wildman–Crippen LogP) is 1.64. The van der Waals surface area contributed by atoms with Crippen molar-refractivity contribution in [3.63, 3.8) is 0 Å². The van der Waals surface area contributed by atoms with Crippen molar-refractivity contribution in [1.82, 2.24) is 0 Å². The molecule has 0 aromatic carbocycles. The summed E-state index contributed by atoms with van der Waals surface area (Å²) >= 11 is 0. The quantitative estimate of drug-likeness (QED) is 0.651. The van der Waals surface area contributed by atoms with Crippen LogP contribution in [0.15, 0.2) is 0 Å². The first kappa shape index (κ1) is 10.0. The lowest BCUT2D eigenvalue weighted by atomic mass is 9.71. The van der Waals surface area contributed by atoms with E-state index in [1.54, 1.807) is 0 Å². The second-order valence-corrected chi connectivity index (χ2v) is 4.83. The molecule has 1 aliphatic heterocycles. The molecule has 1 saturated heterocycles. The lowest BCUT2D eigenvalue weighted by Gasteiger charge is -2.39. The van der Waals surface area contributed by atoms with Gasteiger partial charge in [-0.2, -0.15) is 0 Å². The van der Waals surface area contributed by atoms with Gasteiger partial charge in [0.2, 0.25) is 0 Å². The summed E-state index contributed by atoms with van der Waals surface area (Å²) < 4.78 is 5.42. The van der Waals surface area contributed by atoms with E-state index in [4.69, 9.17) is 10.5 Å². The Morgan fingerprint density at radius 3 is 2.50 bits per heavy atom. The zero-order valence-electron chi connectivity index (χ0n) is 8.47. The molecule has 0 amide bonds. The monoisotopic (exact) mass is 171 g/mol. The largest absolute Gasteiger partial charge is 0.381 e. The minimum atomic E-state index is 0.383. The highest BCUT2D eigenvalue weighted by molar-refractivity contribution is 4.83. The Morgan fingerprint density at radius 2 is 2.08 bits per heavy atom. The standard InChI is InChI=1S/C10H21NO/c1-10(2,3)9-4-5-12-7-8(9)6-11/h8-9H,4-7,11H2,1-3H3. The Morgan fingerprint density at radius 1 is 1.42 bits per heavy atom. The normalized spacial score (nSPS) is 32.0. The molecule has 2 atom stereocenters. The van der Waals surface area contributed by atoms with Crippen LogP contribution in [0, 0.1) is 17.3 Å². The summed E-state index contributed by atoms with van der Waals surface area (Å²) in [5, 5.41) is 0. The Balaban J connectivity index is 2.59. The number of hydrogen-bond acceptors (Lipinski definition) is 2. The fraction of sp³-hybridized carbons (Fsp3) is 1.00. The topological polar surface area (TPSA) is 35.2 Å². The molecule has 1 rings (SSSR count). The zero-order chi connectivity index (χ0) is 9.19. The minimum absolute atomic E-state index is 0.383. The molecule has 0 aromatic rings. The van der Waals surface area contributed by atoms with Gasteiger partial charge in [0.15, 0.2) is 0 Å². The minimum Gasteiger partial charge on any atom is -0.381 e. The smallest absolute Gasteiger partial charge is 0.0509 e. The number of ether oxygens (including phenoxy) is 1. The van der Waals surface area contributed by atoms with Crippen molar-refractivity contribution in [3.05, 3.63) is 0 Å². The molecule has 72 valence electrons. The molecule has 0 aromatic heterocycles. The summed E-state index contributed by atoms with van der Waals surface area (Å²) in [7, 11) is 0. The van der Waals surface area contributed by atoms with Gasteiger partial charge in [0.25, 0.3) is 0 Å². The molecule has 0 spiro atoms. The average Bonchev–Trinajstić information content (AvgIpc) is 2.03. The van der Waals surface area contributed by atoms with E-state index in [1.165, 1.54) is 6.42 Å². The van der Waals surface area contributed by atoms with Gasteiger partial charge in [-0.3, -0.25) is 0 Å². The molecule has 2 heteroatoms. The molecular weight excluding hydrogens is 150 g/mol. The molecule has 1 heterocycles. The maximum Gasteiger partial charge on any atom is 0.0509 e. The fourth-order valence-electron chi connectivity index (χ4n) is 2.17. The van der Waals surface area contributed by atoms with Crippen molar-refractivity contribution >= 4 is 0 Å². The van der Waals surface area contributed by atoms with Crippen molar-refractivity contribution in [2.45, 2.75) is 27.2 Å². The van der Waals surface area contributed by atoms with Crippen LogP contribution in [0.4, 0.5) is 0 Å². The molecular formula is C10H21NO. The Bertz CT molecular complexity index is 139. The van der Waals surface area contributed by atoms with Gasteiger partial charge in [-0.25, -0.2) is 0 Å². The summed E-state index contributed by atoms with van der Waals surface area (Å²) in [5.74, 6) is 1.30. The number of rotatable bonds is 1. The van der Waals surface area contributed by atoms with Crippen LogP contribution < -0.4 is 5.73 Å². The van der Waals surface area contributed by atoms with Crippen LogP contribution in [0.25, 0.3) is 0 Å². The van der Waals surface area contributed by atoms with Gasteiger partial charge in [0.05, 0.1) is 6.61 Å². The van der Waals surface area contributed by atoms with E-state index in [2.05, 4.69) is 20.8 Å². The Labute approximate surface area is 75.5 Å². The summed E-state index contributed by atoms with van der Waals surface area (Å²) in [6, 6.07) is 0. The maximum absolute atomic E-state index is 5.71. The van der Waals surface area contributed by atoms with Crippen LogP contribution in [-0.2, 0) is 4.74 Å². The molecule has 1 aliphatic rings. The summed E-state index contributed by atoms with van der Waals surface area (Å²) in [6.07, 6.45) is 1.17. The molecule has 12 heavy (non-hydrogen) atoms. The van der Waals surface area contributed by atoms with Gasteiger partial charge in [-0.1, -0.05) is 20.8 Å². The third-order valence-corrected chi connectivity index (χ3v) is 2.89. The first-order valence-electron chi connectivity index (χ1n) is 4.83. The maximum atomic E-state index is 5.71. The molecule has 1 fully saturated rings. The second-order valence-electron chi connectivity index (χ2n) is 4.83. The highest BCUT2D eigenvalue weighted by Gasteiger charge is 2.33. The molecule has 2 nitrogen and oxygen atoms in total. The van der Waals surface area contributed by atoms with Crippen molar-refractivity contribution in [2.75, 3.05) is 19.8 Å². The number of hydrogen-bond donors (Lipinski definition) is 1. The van der Waals surface area contributed by atoms with E-state index in [9.17, 15) is 0 Å². The summed E-state index contributed by atoms with van der Waals surface area (Å²) in [5.41, 5.74) is 6.09. The molecule has 0 radical (unpaired) electrons.